The average molecular weight is 337 g/mol. The molecule has 136 valence electrons. The highest BCUT2D eigenvalue weighted by Crippen LogP contribution is 2.54. The third-order valence-electron chi connectivity index (χ3n) is 5.83. The second-order valence-corrected chi connectivity index (χ2v) is 8.31. The quantitative estimate of drug-likeness (QED) is 0.609. The number of allylic oxidation sites excluding steroid dienone is 1. The molecular weight excluding hydrogens is 306 g/mol. The van der Waals surface area contributed by atoms with Crippen LogP contribution in [0.5, 0.6) is 0 Å². The Hall–Kier alpha value is -1.52. The summed E-state index contributed by atoms with van der Waals surface area (Å²) in [6, 6.07) is 0. The molecule has 0 aromatic rings. The van der Waals surface area contributed by atoms with E-state index in [-0.39, 0.29) is 16.8 Å². The van der Waals surface area contributed by atoms with E-state index in [0.717, 1.165) is 32.1 Å². The van der Waals surface area contributed by atoms with E-state index in [9.17, 15) is 14.7 Å². The van der Waals surface area contributed by atoms with Crippen molar-refractivity contribution in [1.29, 1.82) is 0 Å². The highest BCUT2D eigenvalue weighted by molar-refractivity contribution is 5.82. The molecule has 2 rings (SSSR count). The van der Waals surface area contributed by atoms with Gasteiger partial charge in [0.15, 0.2) is 0 Å². The zero-order valence-electron chi connectivity index (χ0n) is 15.4. The van der Waals surface area contributed by atoms with Crippen LogP contribution in [0.15, 0.2) is 11.6 Å². The molecule has 0 bridgehead atoms. The van der Waals surface area contributed by atoms with Crippen LogP contribution in [0.1, 0.15) is 59.8 Å². The van der Waals surface area contributed by atoms with Gasteiger partial charge in [-0.25, -0.2) is 9.59 Å². The van der Waals surface area contributed by atoms with Gasteiger partial charge in [0.1, 0.15) is 0 Å². The molecular formula is C19H31NO4. The van der Waals surface area contributed by atoms with Gasteiger partial charge in [0.2, 0.25) is 0 Å². The number of hydrogen-bond acceptors (Lipinski definition) is 3. The van der Waals surface area contributed by atoms with Gasteiger partial charge in [0.25, 0.3) is 0 Å². The zero-order valence-corrected chi connectivity index (χ0v) is 15.4. The average Bonchev–Trinajstić information content (AvgIpc) is 2.49. The van der Waals surface area contributed by atoms with E-state index in [1.807, 2.05) is 6.92 Å². The van der Waals surface area contributed by atoms with Gasteiger partial charge in [-0.15, -0.1) is 0 Å². The first-order chi connectivity index (χ1) is 11.2. The molecule has 1 N–H and O–H groups in total. The van der Waals surface area contributed by atoms with Crippen molar-refractivity contribution in [2.24, 2.45) is 16.7 Å². The molecule has 1 unspecified atom stereocenters. The number of esters is 1. The van der Waals surface area contributed by atoms with E-state index in [1.165, 1.54) is 5.57 Å². The van der Waals surface area contributed by atoms with E-state index in [4.69, 9.17) is 4.74 Å². The standard InChI is InChI=1S/C19H31NO4/c1-5-24-16(21)12-14-6-8-19(9-7-14)10-11-20(17(22)23)13-15(19)18(2,3)4/h12,15H,5-11,13H2,1-4H3,(H,22,23). The third-order valence-corrected chi connectivity index (χ3v) is 5.83. The summed E-state index contributed by atoms with van der Waals surface area (Å²) >= 11 is 0. The molecule has 0 aromatic heterocycles. The summed E-state index contributed by atoms with van der Waals surface area (Å²) in [6.07, 6.45) is 5.68. The largest absolute Gasteiger partial charge is 0.465 e. The van der Waals surface area contributed by atoms with Crippen LogP contribution in [0.2, 0.25) is 0 Å². The Balaban J connectivity index is 2.12. The van der Waals surface area contributed by atoms with Crippen LogP contribution in [-0.2, 0) is 9.53 Å². The van der Waals surface area contributed by atoms with Gasteiger partial charge >= 0.3 is 12.1 Å². The van der Waals surface area contributed by atoms with E-state index in [2.05, 4.69) is 20.8 Å². The number of rotatable bonds is 2. The maximum atomic E-state index is 11.7. The van der Waals surface area contributed by atoms with Crippen LogP contribution in [0.3, 0.4) is 0 Å². The van der Waals surface area contributed by atoms with Crippen LogP contribution in [0.25, 0.3) is 0 Å². The van der Waals surface area contributed by atoms with Crippen molar-refractivity contribution in [3.8, 4) is 0 Å². The number of hydrogen-bond donors (Lipinski definition) is 1. The predicted octanol–water partition coefficient (Wildman–Crippen LogP) is 4.08. The number of nitrogens with zero attached hydrogens (tertiary/aromatic N) is 1. The summed E-state index contributed by atoms with van der Waals surface area (Å²) in [5, 5.41) is 9.37. The number of carbonyl (C=O) groups is 2. The second kappa shape index (κ2) is 7.16. The Morgan fingerprint density at radius 3 is 2.42 bits per heavy atom. The van der Waals surface area contributed by atoms with E-state index in [1.54, 1.807) is 11.0 Å². The molecule has 1 aliphatic carbocycles. The highest BCUT2D eigenvalue weighted by Gasteiger charge is 2.49. The smallest absolute Gasteiger partial charge is 0.407 e. The second-order valence-electron chi connectivity index (χ2n) is 8.31. The predicted molar refractivity (Wildman–Crippen MR) is 92.8 cm³/mol. The molecule has 2 fully saturated rings. The lowest BCUT2D eigenvalue weighted by Crippen LogP contribution is -2.54. The van der Waals surface area contributed by atoms with Crippen molar-refractivity contribution < 1.29 is 19.4 Å². The summed E-state index contributed by atoms with van der Waals surface area (Å²) in [5.74, 6) is 0.107. The number of ether oxygens (including phenoxy) is 1. The van der Waals surface area contributed by atoms with Crippen molar-refractivity contribution >= 4 is 12.1 Å². The summed E-state index contributed by atoms with van der Waals surface area (Å²) in [6.45, 7) is 10.1. The number of piperidine rings is 1. The molecule has 0 aromatic carbocycles. The minimum absolute atomic E-state index is 0.0660. The lowest BCUT2D eigenvalue weighted by atomic mass is 9.55. The maximum Gasteiger partial charge on any atom is 0.407 e. The van der Waals surface area contributed by atoms with Crippen LogP contribution < -0.4 is 0 Å². The summed E-state index contributed by atoms with van der Waals surface area (Å²) in [4.78, 5) is 24.6. The van der Waals surface area contributed by atoms with Gasteiger partial charge in [-0.05, 0) is 55.8 Å². The molecule has 1 spiro atoms. The highest BCUT2D eigenvalue weighted by atomic mass is 16.5. The topological polar surface area (TPSA) is 66.8 Å². The Kier molecular flexibility index (Phi) is 5.61. The van der Waals surface area contributed by atoms with Gasteiger partial charge in [-0.3, -0.25) is 0 Å². The molecule has 1 atom stereocenters. The minimum Gasteiger partial charge on any atom is -0.465 e. The Morgan fingerprint density at radius 2 is 1.92 bits per heavy atom. The van der Waals surface area contributed by atoms with Crippen molar-refractivity contribution in [3.63, 3.8) is 0 Å². The minimum atomic E-state index is -0.808. The van der Waals surface area contributed by atoms with Crippen molar-refractivity contribution in [2.75, 3.05) is 19.7 Å². The Bertz CT molecular complexity index is 508. The molecule has 5 nitrogen and oxygen atoms in total. The van der Waals surface area contributed by atoms with Gasteiger partial charge in [-0.2, -0.15) is 0 Å². The fraction of sp³-hybridized carbons (Fsp3) is 0.789. The molecule has 1 amide bonds. The van der Waals surface area contributed by atoms with Crippen molar-refractivity contribution in [1.82, 2.24) is 4.90 Å². The normalized spacial score (nSPS) is 27.9. The monoisotopic (exact) mass is 337 g/mol. The van der Waals surface area contributed by atoms with Crippen molar-refractivity contribution in [2.45, 2.75) is 59.8 Å². The van der Waals surface area contributed by atoms with Gasteiger partial charge < -0.3 is 14.7 Å². The van der Waals surface area contributed by atoms with Crippen LogP contribution in [0, 0.1) is 16.7 Å². The summed E-state index contributed by atoms with van der Waals surface area (Å²) in [7, 11) is 0. The number of carbonyl (C=O) groups excluding carboxylic acids is 1. The van der Waals surface area contributed by atoms with Gasteiger partial charge in [0.05, 0.1) is 6.61 Å². The molecule has 5 heteroatoms. The van der Waals surface area contributed by atoms with Crippen molar-refractivity contribution in [3.05, 3.63) is 11.6 Å². The van der Waals surface area contributed by atoms with Gasteiger partial charge in [-0.1, -0.05) is 26.3 Å². The first kappa shape index (κ1) is 18.8. The lowest BCUT2D eigenvalue weighted by molar-refractivity contribution is -0.137. The molecule has 2 aliphatic rings. The Morgan fingerprint density at radius 1 is 1.29 bits per heavy atom. The lowest BCUT2D eigenvalue weighted by Gasteiger charge is -2.54. The zero-order chi connectivity index (χ0) is 18.0. The third kappa shape index (κ3) is 4.11. The number of carboxylic acid groups (broad SMARTS) is 1. The van der Waals surface area contributed by atoms with Crippen LogP contribution in [0.4, 0.5) is 4.79 Å². The fourth-order valence-corrected chi connectivity index (χ4v) is 4.57. The summed E-state index contributed by atoms with van der Waals surface area (Å²) < 4.78 is 5.01. The SMILES string of the molecule is CCOC(=O)C=C1CCC2(CC1)CCN(C(=O)O)CC2C(C)(C)C. The molecule has 1 aliphatic heterocycles. The number of amides is 1. The molecule has 1 saturated carbocycles. The fourth-order valence-electron chi connectivity index (χ4n) is 4.57. The maximum absolute atomic E-state index is 11.7. The van der Waals surface area contributed by atoms with E-state index in [0.29, 0.717) is 25.6 Å². The van der Waals surface area contributed by atoms with E-state index < -0.39 is 6.09 Å². The summed E-state index contributed by atoms with van der Waals surface area (Å²) in [5.41, 5.74) is 1.43. The Labute approximate surface area is 145 Å². The number of likely N-dealkylation sites (tertiary alicyclic amines) is 1. The molecule has 0 radical (unpaired) electrons. The van der Waals surface area contributed by atoms with Crippen LogP contribution >= 0.6 is 0 Å². The molecule has 24 heavy (non-hydrogen) atoms. The first-order valence-corrected chi connectivity index (χ1v) is 9.02. The molecule has 1 saturated heterocycles. The molecule has 1 heterocycles. The van der Waals surface area contributed by atoms with Crippen LogP contribution in [-0.4, -0.2) is 41.8 Å². The van der Waals surface area contributed by atoms with Gasteiger partial charge in [0, 0.05) is 19.2 Å². The van der Waals surface area contributed by atoms with E-state index >= 15 is 0 Å². The first-order valence-electron chi connectivity index (χ1n) is 9.02.